The van der Waals surface area contributed by atoms with E-state index in [0.717, 1.165) is 17.8 Å². The summed E-state index contributed by atoms with van der Waals surface area (Å²) in [6.45, 7) is 2.90. The Labute approximate surface area is 89.0 Å². The third-order valence-corrected chi connectivity index (χ3v) is 2.44. The first-order chi connectivity index (χ1) is 7.29. The molecular weight excluding hydrogens is 188 g/mol. The third-order valence-electron chi connectivity index (χ3n) is 2.44. The molecule has 0 aliphatic carbocycles. The van der Waals surface area contributed by atoms with Crippen LogP contribution in [0, 0.1) is 6.92 Å². The van der Waals surface area contributed by atoms with E-state index in [1.807, 2.05) is 29.1 Å². The maximum absolute atomic E-state index is 8.94. The predicted molar refractivity (Wildman–Crippen MR) is 58.4 cm³/mol. The zero-order chi connectivity index (χ0) is 10.7. The third kappa shape index (κ3) is 2.25. The fourth-order valence-corrected chi connectivity index (χ4v) is 1.54. The van der Waals surface area contributed by atoms with E-state index in [1.54, 1.807) is 6.20 Å². The summed E-state index contributed by atoms with van der Waals surface area (Å²) in [6.07, 6.45) is 5.70. The van der Waals surface area contributed by atoms with E-state index < -0.39 is 0 Å². The molecule has 3 heteroatoms. The number of aromatic nitrogens is 2. The standard InChI is InChI=1S/C12H14N2O/c1-10-3-2-5-13-12(10)8-14-6-4-11(7-14)9-15/h2-7,15H,8-9H2,1H3. The van der Waals surface area contributed by atoms with Gasteiger partial charge in [-0.2, -0.15) is 0 Å². The molecule has 2 aromatic heterocycles. The molecule has 2 aromatic rings. The number of hydrogen-bond acceptors (Lipinski definition) is 2. The lowest BCUT2D eigenvalue weighted by atomic mass is 10.2. The second-order valence-electron chi connectivity index (χ2n) is 3.62. The van der Waals surface area contributed by atoms with Crippen molar-refractivity contribution >= 4 is 0 Å². The fraction of sp³-hybridized carbons (Fsp3) is 0.250. The summed E-state index contributed by atoms with van der Waals surface area (Å²) >= 11 is 0. The number of hydrogen-bond donors (Lipinski definition) is 1. The molecule has 78 valence electrons. The molecule has 0 saturated heterocycles. The number of aliphatic hydroxyl groups is 1. The molecule has 0 amide bonds. The molecule has 0 fully saturated rings. The summed E-state index contributed by atoms with van der Waals surface area (Å²) in [5, 5.41) is 8.94. The summed E-state index contributed by atoms with van der Waals surface area (Å²) in [5.74, 6) is 0. The summed E-state index contributed by atoms with van der Waals surface area (Å²) in [5.41, 5.74) is 3.19. The van der Waals surface area contributed by atoms with Gasteiger partial charge in [0.15, 0.2) is 0 Å². The normalized spacial score (nSPS) is 10.5. The Morgan fingerprint density at radius 2 is 2.27 bits per heavy atom. The average molecular weight is 202 g/mol. The minimum absolute atomic E-state index is 0.0915. The van der Waals surface area contributed by atoms with E-state index in [2.05, 4.69) is 18.0 Å². The van der Waals surface area contributed by atoms with Gasteiger partial charge in [0.05, 0.1) is 18.8 Å². The lowest BCUT2D eigenvalue weighted by Crippen LogP contribution is -2.01. The van der Waals surface area contributed by atoms with E-state index in [-0.39, 0.29) is 6.61 Å². The topological polar surface area (TPSA) is 38.0 Å². The Kier molecular flexibility index (Phi) is 2.83. The Morgan fingerprint density at radius 1 is 1.40 bits per heavy atom. The van der Waals surface area contributed by atoms with Crippen LogP contribution in [0.1, 0.15) is 16.8 Å². The molecule has 0 aliphatic rings. The van der Waals surface area contributed by atoms with Crippen molar-refractivity contribution in [1.82, 2.24) is 9.55 Å². The van der Waals surface area contributed by atoms with Gasteiger partial charge in [-0.1, -0.05) is 6.07 Å². The van der Waals surface area contributed by atoms with Crippen molar-refractivity contribution in [2.45, 2.75) is 20.1 Å². The smallest absolute Gasteiger partial charge is 0.0696 e. The first-order valence-electron chi connectivity index (χ1n) is 4.95. The van der Waals surface area contributed by atoms with Crippen molar-refractivity contribution in [3.8, 4) is 0 Å². The van der Waals surface area contributed by atoms with Crippen LogP contribution < -0.4 is 0 Å². The van der Waals surface area contributed by atoms with Gasteiger partial charge in [0, 0.05) is 18.6 Å². The van der Waals surface area contributed by atoms with Gasteiger partial charge in [-0.15, -0.1) is 0 Å². The van der Waals surface area contributed by atoms with E-state index in [9.17, 15) is 0 Å². The van der Waals surface area contributed by atoms with Crippen LogP contribution in [0.3, 0.4) is 0 Å². The van der Waals surface area contributed by atoms with Crippen molar-refractivity contribution in [2.24, 2.45) is 0 Å². The van der Waals surface area contributed by atoms with E-state index in [0.29, 0.717) is 0 Å². The Hall–Kier alpha value is -1.61. The number of aryl methyl sites for hydroxylation is 1. The highest BCUT2D eigenvalue weighted by atomic mass is 16.3. The predicted octanol–water partition coefficient (Wildman–Crippen LogP) is 1.73. The highest BCUT2D eigenvalue weighted by molar-refractivity contribution is 5.19. The van der Waals surface area contributed by atoms with Crippen LogP contribution in [0.5, 0.6) is 0 Å². The Morgan fingerprint density at radius 3 is 2.93 bits per heavy atom. The van der Waals surface area contributed by atoms with Crippen LogP contribution in [-0.4, -0.2) is 14.7 Å². The van der Waals surface area contributed by atoms with Gasteiger partial charge >= 0.3 is 0 Å². The number of aliphatic hydroxyl groups excluding tert-OH is 1. The van der Waals surface area contributed by atoms with Crippen molar-refractivity contribution in [3.05, 3.63) is 53.6 Å². The highest BCUT2D eigenvalue weighted by Crippen LogP contribution is 2.08. The molecule has 0 atom stereocenters. The van der Waals surface area contributed by atoms with Crippen molar-refractivity contribution in [2.75, 3.05) is 0 Å². The van der Waals surface area contributed by atoms with Gasteiger partial charge in [-0.3, -0.25) is 4.98 Å². The average Bonchev–Trinajstić information content (AvgIpc) is 2.69. The quantitative estimate of drug-likeness (QED) is 0.823. The molecule has 2 rings (SSSR count). The van der Waals surface area contributed by atoms with Gasteiger partial charge in [0.25, 0.3) is 0 Å². The zero-order valence-electron chi connectivity index (χ0n) is 8.72. The Balaban J connectivity index is 2.18. The van der Waals surface area contributed by atoms with E-state index in [4.69, 9.17) is 5.11 Å². The van der Waals surface area contributed by atoms with Crippen LogP contribution in [0.15, 0.2) is 36.8 Å². The lowest BCUT2D eigenvalue weighted by Gasteiger charge is -2.05. The molecule has 2 heterocycles. The molecule has 1 N–H and O–H groups in total. The molecule has 0 spiro atoms. The monoisotopic (exact) mass is 202 g/mol. The maximum atomic E-state index is 8.94. The highest BCUT2D eigenvalue weighted by Gasteiger charge is 2.00. The largest absolute Gasteiger partial charge is 0.392 e. The molecule has 0 aliphatic heterocycles. The van der Waals surface area contributed by atoms with Gasteiger partial charge in [-0.25, -0.2) is 0 Å². The summed E-state index contributed by atoms with van der Waals surface area (Å²) in [4.78, 5) is 4.33. The van der Waals surface area contributed by atoms with Crippen molar-refractivity contribution in [1.29, 1.82) is 0 Å². The van der Waals surface area contributed by atoms with Gasteiger partial charge < -0.3 is 9.67 Å². The summed E-state index contributed by atoms with van der Waals surface area (Å²) in [6, 6.07) is 5.91. The number of rotatable bonds is 3. The first-order valence-corrected chi connectivity index (χ1v) is 4.95. The van der Waals surface area contributed by atoms with Crippen LogP contribution in [0.4, 0.5) is 0 Å². The van der Waals surface area contributed by atoms with Crippen LogP contribution >= 0.6 is 0 Å². The van der Waals surface area contributed by atoms with Crippen LogP contribution in [-0.2, 0) is 13.2 Å². The van der Waals surface area contributed by atoms with Crippen molar-refractivity contribution < 1.29 is 5.11 Å². The molecule has 0 bridgehead atoms. The SMILES string of the molecule is Cc1cccnc1Cn1ccc(CO)c1. The molecule has 15 heavy (non-hydrogen) atoms. The lowest BCUT2D eigenvalue weighted by molar-refractivity contribution is 0.282. The number of nitrogens with zero attached hydrogens (tertiary/aromatic N) is 2. The van der Waals surface area contributed by atoms with Crippen LogP contribution in [0.2, 0.25) is 0 Å². The van der Waals surface area contributed by atoms with E-state index in [1.165, 1.54) is 5.56 Å². The molecular formula is C12H14N2O. The van der Waals surface area contributed by atoms with E-state index >= 15 is 0 Å². The molecule has 0 unspecified atom stereocenters. The van der Waals surface area contributed by atoms with Gasteiger partial charge in [-0.05, 0) is 30.2 Å². The molecule has 3 nitrogen and oxygen atoms in total. The Bertz CT molecular complexity index is 448. The second kappa shape index (κ2) is 4.28. The van der Waals surface area contributed by atoms with Crippen molar-refractivity contribution in [3.63, 3.8) is 0 Å². The molecule has 0 aromatic carbocycles. The fourth-order valence-electron chi connectivity index (χ4n) is 1.54. The molecule has 0 saturated carbocycles. The minimum atomic E-state index is 0.0915. The van der Waals surface area contributed by atoms with Gasteiger partial charge in [0.2, 0.25) is 0 Å². The number of pyridine rings is 1. The molecule has 0 radical (unpaired) electrons. The van der Waals surface area contributed by atoms with Gasteiger partial charge in [0.1, 0.15) is 0 Å². The maximum Gasteiger partial charge on any atom is 0.0696 e. The summed E-state index contributed by atoms with van der Waals surface area (Å²) in [7, 11) is 0. The zero-order valence-corrected chi connectivity index (χ0v) is 8.72. The summed E-state index contributed by atoms with van der Waals surface area (Å²) < 4.78 is 2.03. The first kappa shape index (κ1) is 9.93. The van der Waals surface area contributed by atoms with Crippen LogP contribution in [0.25, 0.3) is 0 Å². The second-order valence-corrected chi connectivity index (χ2v) is 3.62. The minimum Gasteiger partial charge on any atom is -0.392 e.